The van der Waals surface area contributed by atoms with E-state index in [9.17, 15) is 14.4 Å². The highest BCUT2D eigenvalue weighted by molar-refractivity contribution is 5.76. The summed E-state index contributed by atoms with van der Waals surface area (Å²) in [4.78, 5) is 42.3. The molecule has 126 valence electrons. The molecule has 0 spiro atoms. The molecule has 2 atom stereocenters. The summed E-state index contributed by atoms with van der Waals surface area (Å²) in [5.74, 6) is 1.59. The normalized spacial score (nSPS) is 24.3. The molecule has 0 bridgehead atoms. The van der Waals surface area contributed by atoms with E-state index in [0.717, 1.165) is 25.4 Å². The summed E-state index contributed by atoms with van der Waals surface area (Å²) >= 11 is 0. The second-order valence-electron chi connectivity index (χ2n) is 6.94. The number of aryl methyl sites for hydroxylation is 1. The molecule has 23 heavy (non-hydrogen) atoms. The van der Waals surface area contributed by atoms with Crippen molar-refractivity contribution in [3.8, 4) is 0 Å². The molecule has 2 N–H and O–H groups in total. The van der Waals surface area contributed by atoms with Crippen LogP contribution < -0.4 is 11.2 Å². The van der Waals surface area contributed by atoms with Crippen LogP contribution in [0.3, 0.4) is 0 Å². The molecule has 6 nitrogen and oxygen atoms in total. The fourth-order valence-electron chi connectivity index (χ4n) is 4.14. The summed E-state index contributed by atoms with van der Waals surface area (Å²) < 4.78 is 0. The minimum Gasteiger partial charge on any atom is -0.342 e. The van der Waals surface area contributed by atoms with Crippen LogP contribution in [0.25, 0.3) is 0 Å². The maximum atomic E-state index is 12.5. The molecule has 1 amide bonds. The molecule has 1 saturated carbocycles. The number of nitrogens with zero attached hydrogens (tertiary/aromatic N) is 1. The number of fused-ring (bicyclic) bond motifs is 1. The van der Waals surface area contributed by atoms with Gasteiger partial charge in [-0.1, -0.05) is 19.3 Å². The Morgan fingerprint density at radius 2 is 1.87 bits per heavy atom. The minimum absolute atomic E-state index is 0.124. The van der Waals surface area contributed by atoms with Gasteiger partial charge in [-0.25, -0.2) is 4.79 Å². The van der Waals surface area contributed by atoms with Gasteiger partial charge in [-0.3, -0.25) is 14.6 Å². The van der Waals surface area contributed by atoms with Gasteiger partial charge in [0, 0.05) is 30.8 Å². The van der Waals surface area contributed by atoms with Gasteiger partial charge in [-0.15, -0.1) is 0 Å². The molecule has 2 aliphatic rings. The third-order valence-corrected chi connectivity index (χ3v) is 5.49. The zero-order valence-corrected chi connectivity index (χ0v) is 13.7. The van der Waals surface area contributed by atoms with E-state index in [4.69, 9.17) is 0 Å². The van der Waals surface area contributed by atoms with Crippen molar-refractivity contribution < 1.29 is 4.79 Å². The summed E-state index contributed by atoms with van der Waals surface area (Å²) in [7, 11) is 0. The van der Waals surface area contributed by atoms with Crippen molar-refractivity contribution in [2.24, 2.45) is 11.8 Å². The number of hydrogen-bond donors (Lipinski definition) is 2. The Kier molecular flexibility index (Phi) is 4.68. The Balaban J connectivity index is 1.60. The predicted molar refractivity (Wildman–Crippen MR) is 87.4 cm³/mol. The van der Waals surface area contributed by atoms with Crippen LogP contribution in [0.15, 0.2) is 9.59 Å². The first-order valence-electron chi connectivity index (χ1n) is 8.64. The molecule has 1 aromatic rings. The predicted octanol–water partition coefficient (Wildman–Crippen LogP) is 1.34. The highest BCUT2D eigenvalue weighted by atomic mass is 16.2. The van der Waals surface area contributed by atoms with Crippen molar-refractivity contribution in [2.45, 2.75) is 51.9 Å². The van der Waals surface area contributed by atoms with E-state index in [2.05, 4.69) is 9.97 Å². The summed E-state index contributed by atoms with van der Waals surface area (Å²) in [5.41, 5.74) is 0.176. The molecular formula is C17H25N3O3. The smallest absolute Gasteiger partial charge is 0.325 e. The molecule has 1 aromatic heterocycles. The number of hydrogen-bond acceptors (Lipinski definition) is 3. The topological polar surface area (TPSA) is 86.0 Å². The number of amides is 1. The van der Waals surface area contributed by atoms with Gasteiger partial charge >= 0.3 is 5.69 Å². The second-order valence-corrected chi connectivity index (χ2v) is 6.94. The van der Waals surface area contributed by atoms with Crippen molar-refractivity contribution in [3.05, 3.63) is 32.1 Å². The molecule has 2 heterocycles. The number of rotatable bonds is 3. The van der Waals surface area contributed by atoms with E-state index in [-0.39, 0.29) is 11.5 Å². The van der Waals surface area contributed by atoms with Gasteiger partial charge in [-0.2, -0.15) is 0 Å². The zero-order chi connectivity index (χ0) is 16.4. The number of piperidine rings is 1. The molecule has 3 rings (SSSR count). The zero-order valence-electron chi connectivity index (χ0n) is 13.7. The summed E-state index contributed by atoms with van der Waals surface area (Å²) in [6, 6.07) is 0. The Hall–Kier alpha value is -1.85. The fraction of sp³-hybridized carbons (Fsp3) is 0.706. The van der Waals surface area contributed by atoms with Crippen LogP contribution in [0.4, 0.5) is 0 Å². The van der Waals surface area contributed by atoms with Gasteiger partial charge < -0.3 is 9.88 Å². The average Bonchev–Trinajstić information content (AvgIpc) is 2.53. The molecule has 0 aromatic carbocycles. The van der Waals surface area contributed by atoms with Crippen LogP contribution >= 0.6 is 0 Å². The highest BCUT2D eigenvalue weighted by Crippen LogP contribution is 2.36. The molecule has 1 aliphatic carbocycles. The largest absolute Gasteiger partial charge is 0.342 e. The molecule has 0 radical (unpaired) electrons. The van der Waals surface area contributed by atoms with Gasteiger partial charge in [0.05, 0.1) is 0 Å². The Bertz CT molecular complexity index is 691. The minimum atomic E-state index is -0.498. The number of H-pyrrole nitrogens is 2. The SMILES string of the molecule is Cc1[nH]c(=O)[nH]c(=O)c1CCC(=O)N1CC[C@H]2CCCC[C@@H]2C1. The van der Waals surface area contributed by atoms with E-state index in [1.807, 2.05) is 4.90 Å². The van der Waals surface area contributed by atoms with Gasteiger partial charge in [0.1, 0.15) is 0 Å². The van der Waals surface area contributed by atoms with Crippen LogP contribution in [-0.4, -0.2) is 33.9 Å². The molecule has 1 aliphatic heterocycles. The van der Waals surface area contributed by atoms with Gasteiger partial charge in [0.15, 0.2) is 0 Å². The van der Waals surface area contributed by atoms with Crippen LogP contribution in [0, 0.1) is 18.8 Å². The van der Waals surface area contributed by atoms with Crippen molar-refractivity contribution >= 4 is 5.91 Å². The maximum Gasteiger partial charge on any atom is 0.325 e. The number of carbonyl (C=O) groups is 1. The highest BCUT2D eigenvalue weighted by Gasteiger charge is 2.32. The Morgan fingerprint density at radius 1 is 1.13 bits per heavy atom. The fourth-order valence-corrected chi connectivity index (χ4v) is 4.14. The number of aromatic nitrogens is 2. The van der Waals surface area contributed by atoms with Gasteiger partial charge in [0.25, 0.3) is 5.56 Å². The second kappa shape index (κ2) is 6.72. The van der Waals surface area contributed by atoms with Crippen molar-refractivity contribution in [1.82, 2.24) is 14.9 Å². The first-order valence-corrected chi connectivity index (χ1v) is 8.64. The van der Waals surface area contributed by atoms with E-state index < -0.39 is 5.69 Å². The standard InChI is InChI=1S/C17H25N3O3/c1-11-14(16(22)19-17(23)18-11)6-7-15(21)20-9-8-12-4-2-3-5-13(12)10-20/h12-13H,2-10H2,1H3,(H2,18,19,22,23)/t12-,13-/m1/s1. The lowest BCUT2D eigenvalue weighted by molar-refractivity contribution is -0.134. The number of nitrogens with one attached hydrogen (secondary N) is 2. The molecular weight excluding hydrogens is 294 g/mol. The number of likely N-dealkylation sites (tertiary alicyclic amines) is 1. The van der Waals surface area contributed by atoms with E-state index in [1.165, 1.54) is 25.7 Å². The van der Waals surface area contributed by atoms with E-state index >= 15 is 0 Å². The number of aromatic amines is 2. The number of carbonyl (C=O) groups excluding carboxylic acids is 1. The van der Waals surface area contributed by atoms with Gasteiger partial charge in [-0.05, 0) is 38.0 Å². The lowest BCUT2D eigenvalue weighted by atomic mass is 9.75. The Morgan fingerprint density at radius 3 is 2.61 bits per heavy atom. The van der Waals surface area contributed by atoms with Gasteiger partial charge in [0.2, 0.25) is 5.91 Å². The summed E-state index contributed by atoms with van der Waals surface area (Å²) in [6.07, 6.45) is 7.01. The lowest BCUT2D eigenvalue weighted by Crippen LogP contribution is -2.45. The van der Waals surface area contributed by atoms with Crippen molar-refractivity contribution in [2.75, 3.05) is 13.1 Å². The monoisotopic (exact) mass is 319 g/mol. The lowest BCUT2D eigenvalue weighted by Gasteiger charge is -2.41. The van der Waals surface area contributed by atoms with Crippen LogP contribution in [-0.2, 0) is 11.2 Å². The average molecular weight is 319 g/mol. The van der Waals surface area contributed by atoms with Crippen LogP contribution in [0.5, 0.6) is 0 Å². The van der Waals surface area contributed by atoms with Crippen LogP contribution in [0.2, 0.25) is 0 Å². The van der Waals surface area contributed by atoms with E-state index in [1.54, 1.807) is 6.92 Å². The summed E-state index contributed by atoms with van der Waals surface area (Å²) in [5, 5.41) is 0. The van der Waals surface area contributed by atoms with E-state index in [0.29, 0.717) is 30.0 Å². The third kappa shape index (κ3) is 3.57. The first-order chi connectivity index (χ1) is 11.0. The quantitative estimate of drug-likeness (QED) is 0.881. The van der Waals surface area contributed by atoms with Crippen molar-refractivity contribution in [1.29, 1.82) is 0 Å². The molecule has 1 saturated heterocycles. The molecule has 2 fully saturated rings. The summed E-state index contributed by atoms with van der Waals surface area (Å²) in [6.45, 7) is 3.43. The third-order valence-electron chi connectivity index (χ3n) is 5.49. The van der Waals surface area contributed by atoms with Crippen LogP contribution in [0.1, 0.15) is 49.8 Å². The Labute approximate surface area is 135 Å². The maximum absolute atomic E-state index is 12.5. The molecule has 0 unspecified atom stereocenters. The first kappa shape index (κ1) is 16.0. The molecule has 6 heteroatoms. The van der Waals surface area contributed by atoms with Crippen molar-refractivity contribution in [3.63, 3.8) is 0 Å².